The number of nitrogens with zero attached hydrogens (tertiary/aromatic N) is 4. The van der Waals surface area contributed by atoms with Crippen molar-refractivity contribution in [3.8, 4) is 6.07 Å². The van der Waals surface area contributed by atoms with E-state index in [0.717, 1.165) is 10.3 Å². The molecule has 1 aliphatic rings. The highest BCUT2D eigenvalue weighted by Crippen LogP contribution is 2.25. The number of carbonyl (C=O) groups is 1. The summed E-state index contributed by atoms with van der Waals surface area (Å²) in [5, 5.41) is 21.6. The molecule has 0 radical (unpaired) electrons. The number of carbonyl (C=O) groups excluding carboxylic acids is 1. The van der Waals surface area contributed by atoms with Crippen molar-refractivity contribution in [3.05, 3.63) is 61.9 Å². The van der Waals surface area contributed by atoms with E-state index in [2.05, 4.69) is 11.4 Å². The van der Waals surface area contributed by atoms with Gasteiger partial charge in [0.2, 0.25) is 0 Å². The number of aryl methyl sites for hydroxylation is 1. The highest BCUT2D eigenvalue weighted by molar-refractivity contribution is 5.95. The largest absolute Gasteiger partial charge is 0.377 e. The number of hydrogen-bond acceptors (Lipinski definition) is 7. The predicted molar refractivity (Wildman–Crippen MR) is 117 cm³/mol. The van der Waals surface area contributed by atoms with Crippen LogP contribution in [0.15, 0.2) is 34.0 Å². The van der Waals surface area contributed by atoms with Crippen LogP contribution in [0.2, 0.25) is 0 Å². The number of aliphatic hydroxyl groups excluding tert-OH is 1. The zero-order chi connectivity index (χ0) is 23.4. The molecule has 32 heavy (non-hydrogen) atoms. The highest BCUT2D eigenvalue weighted by atomic mass is 16.6. The molecule has 0 saturated carbocycles. The summed E-state index contributed by atoms with van der Waals surface area (Å²) >= 11 is 0. The quantitative estimate of drug-likeness (QED) is 0.605. The van der Waals surface area contributed by atoms with E-state index in [1.54, 1.807) is 24.0 Å². The summed E-state index contributed by atoms with van der Waals surface area (Å²) in [4.78, 5) is 39.5. The Morgan fingerprint density at radius 1 is 1.34 bits per heavy atom. The molecule has 0 aliphatic carbocycles. The molecule has 0 unspecified atom stereocenters. The van der Waals surface area contributed by atoms with Crippen LogP contribution in [0.4, 0.5) is 5.69 Å². The van der Waals surface area contributed by atoms with Gasteiger partial charge >= 0.3 is 5.69 Å². The van der Waals surface area contributed by atoms with Crippen molar-refractivity contribution in [2.75, 3.05) is 25.5 Å². The van der Waals surface area contributed by atoms with Crippen molar-refractivity contribution in [2.45, 2.75) is 45.2 Å². The number of amides is 1. The average molecular weight is 441 g/mol. The molecule has 0 bridgehead atoms. The van der Waals surface area contributed by atoms with Gasteiger partial charge in [0.15, 0.2) is 6.29 Å². The van der Waals surface area contributed by atoms with E-state index in [4.69, 9.17) is 4.74 Å². The molecule has 3 rings (SSSR count). The van der Waals surface area contributed by atoms with Crippen molar-refractivity contribution in [1.29, 1.82) is 5.26 Å². The zero-order valence-electron chi connectivity index (χ0n) is 18.4. The lowest BCUT2D eigenvalue weighted by Crippen LogP contribution is -2.42. The summed E-state index contributed by atoms with van der Waals surface area (Å²) in [7, 11) is 3.64. The number of nitrogens with one attached hydrogen (secondary N) is 1. The second-order valence-corrected chi connectivity index (χ2v) is 7.93. The maximum atomic E-state index is 12.8. The molecule has 10 heteroatoms. The lowest BCUT2D eigenvalue weighted by atomic mass is 10.1. The Bertz CT molecular complexity index is 1160. The molecule has 2 aromatic rings. The van der Waals surface area contributed by atoms with Gasteiger partial charge in [-0.25, -0.2) is 4.79 Å². The summed E-state index contributed by atoms with van der Waals surface area (Å²) < 4.78 is 7.80. The minimum absolute atomic E-state index is 0.123. The van der Waals surface area contributed by atoms with Gasteiger partial charge in [-0.05, 0) is 38.0 Å². The third-order valence-corrected chi connectivity index (χ3v) is 5.36. The van der Waals surface area contributed by atoms with E-state index in [-0.39, 0.29) is 19.0 Å². The van der Waals surface area contributed by atoms with Crippen LogP contribution in [0.1, 0.15) is 47.0 Å². The molecule has 1 saturated heterocycles. The summed E-state index contributed by atoms with van der Waals surface area (Å²) in [6.07, 6.45) is 1.18. The first-order valence-electron chi connectivity index (χ1n) is 10.4. The van der Waals surface area contributed by atoms with Crippen molar-refractivity contribution in [1.82, 2.24) is 14.5 Å². The predicted octanol–water partition coefficient (Wildman–Crippen LogP) is 0.704. The van der Waals surface area contributed by atoms with E-state index in [9.17, 15) is 24.8 Å². The van der Waals surface area contributed by atoms with Crippen LogP contribution < -0.4 is 21.5 Å². The van der Waals surface area contributed by atoms with Crippen LogP contribution in [0.25, 0.3) is 0 Å². The number of anilines is 1. The fraction of sp³-hybridized carbons (Fsp3) is 0.455. The van der Waals surface area contributed by atoms with E-state index >= 15 is 0 Å². The summed E-state index contributed by atoms with van der Waals surface area (Å²) in [6, 6.07) is 6.98. The minimum atomic E-state index is -0.920. The fourth-order valence-corrected chi connectivity index (χ4v) is 3.67. The van der Waals surface area contributed by atoms with Crippen molar-refractivity contribution < 1.29 is 14.6 Å². The van der Waals surface area contributed by atoms with Gasteiger partial charge in [-0.1, -0.05) is 0 Å². The van der Waals surface area contributed by atoms with Crippen LogP contribution >= 0.6 is 0 Å². The number of nitriles is 1. The average Bonchev–Trinajstić information content (AvgIpc) is 3.20. The Balaban J connectivity index is 1.65. The second kappa shape index (κ2) is 9.80. The topological polar surface area (TPSA) is 130 Å². The van der Waals surface area contributed by atoms with Gasteiger partial charge in [0.1, 0.15) is 12.3 Å². The second-order valence-electron chi connectivity index (χ2n) is 7.93. The molecule has 170 valence electrons. The molecule has 2 heterocycles. The van der Waals surface area contributed by atoms with Crippen LogP contribution in [0, 0.1) is 18.3 Å². The summed E-state index contributed by atoms with van der Waals surface area (Å²) in [5.74, 6) is -0.339. The maximum Gasteiger partial charge on any atom is 0.333 e. The minimum Gasteiger partial charge on any atom is -0.377 e. The number of hydrogen-bond donors (Lipinski definition) is 2. The molecular formula is C22H27N5O5. The normalized spacial score (nSPS) is 17.7. The number of aromatic nitrogens is 2. The van der Waals surface area contributed by atoms with Gasteiger partial charge in [0.25, 0.3) is 11.5 Å². The summed E-state index contributed by atoms with van der Waals surface area (Å²) in [5.41, 5.74) is 0.965. The van der Waals surface area contributed by atoms with Crippen molar-refractivity contribution in [3.63, 3.8) is 0 Å². The van der Waals surface area contributed by atoms with E-state index in [1.165, 1.54) is 16.8 Å². The molecule has 10 nitrogen and oxygen atoms in total. The van der Waals surface area contributed by atoms with Gasteiger partial charge in [-0.3, -0.25) is 18.7 Å². The van der Waals surface area contributed by atoms with Crippen LogP contribution in [-0.2, 0) is 11.3 Å². The molecular weight excluding hydrogens is 414 g/mol. The molecule has 2 atom stereocenters. The first-order valence-corrected chi connectivity index (χ1v) is 10.4. The lowest BCUT2D eigenvalue weighted by molar-refractivity contribution is -0.114. The van der Waals surface area contributed by atoms with Gasteiger partial charge in [-0.15, -0.1) is 0 Å². The first-order chi connectivity index (χ1) is 15.2. The SMILES string of the molecule is Cc1cn([C@H]2CC[C@@H](O)O2)c(=O)n(CCCNC(=O)c2ccc(N(C)C)c(C#N)c2)c1=O. The first kappa shape index (κ1) is 23.2. The van der Waals surface area contributed by atoms with Crippen molar-refractivity contribution in [2.24, 2.45) is 0 Å². The van der Waals surface area contributed by atoms with Gasteiger partial charge < -0.3 is 20.1 Å². The van der Waals surface area contributed by atoms with E-state index in [0.29, 0.717) is 36.0 Å². The monoisotopic (exact) mass is 441 g/mol. The van der Waals surface area contributed by atoms with Gasteiger partial charge in [0, 0.05) is 50.9 Å². The third kappa shape index (κ3) is 4.90. The zero-order valence-corrected chi connectivity index (χ0v) is 18.4. The number of rotatable bonds is 7. The maximum absolute atomic E-state index is 12.8. The van der Waals surface area contributed by atoms with E-state index in [1.807, 2.05) is 14.1 Å². The van der Waals surface area contributed by atoms with Crippen LogP contribution in [0.3, 0.4) is 0 Å². The third-order valence-electron chi connectivity index (χ3n) is 5.36. The lowest BCUT2D eigenvalue weighted by Gasteiger charge is -2.17. The Hall–Kier alpha value is -3.42. The van der Waals surface area contributed by atoms with Crippen LogP contribution in [-0.4, -0.2) is 47.1 Å². The molecule has 1 aliphatic heterocycles. The van der Waals surface area contributed by atoms with Crippen molar-refractivity contribution >= 4 is 11.6 Å². The molecule has 2 N–H and O–H groups in total. The van der Waals surface area contributed by atoms with Gasteiger partial charge in [-0.2, -0.15) is 5.26 Å². The number of benzene rings is 1. The standard InChI is InChI=1S/C22H27N5O5/c1-14-13-27(18-7-8-19(28)32-18)22(31)26(21(14)30)10-4-9-24-20(29)15-5-6-17(25(2)3)16(11-15)12-23/h5-6,11,13,18-19,28H,4,7-10H2,1-3H3,(H,24,29)/t18-,19+/m1/s1. The molecule has 0 spiro atoms. The Labute approximate surface area is 185 Å². The Morgan fingerprint density at radius 3 is 2.72 bits per heavy atom. The fourth-order valence-electron chi connectivity index (χ4n) is 3.67. The smallest absolute Gasteiger partial charge is 0.333 e. The number of ether oxygens (including phenoxy) is 1. The van der Waals surface area contributed by atoms with E-state index < -0.39 is 23.8 Å². The number of aliphatic hydroxyl groups is 1. The molecule has 1 aromatic carbocycles. The van der Waals surface area contributed by atoms with Gasteiger partial charge in [0.05, 0.1) is 11.3 Å². The Kier molecular flexibility index (Phi) is 7.12. The molecule has 1 fully saturated rings. The molecule has 1 aromatic heterocycles. The van der Waals surface area contributed by atoms with Crippen LogP contribution in [0.5, 0.6) is 0 Å². The molecule has 1 amide bonds. The Morgan fingerprint density at radius 2 is 2.09 bits per heavy atom. The highest BCUT2D eigenvalue weighted by Gasteiger charge is 2.26. The summed E-state index contributed by atoms with van der Waals surface area (Å²) in [6.45, 7) is 1.98.